The van der Waals surface area contributed by atoms with E-state index >= 15 is 0 Å². The van der Waals surface area contributed by atoms with Crippen LogP contribution in [-0.2, 0) is 31.2 Å². The molecule has 0 atom stereocenters. The van der Waals surface area contributed by atoms with Crippen molar-refractivity contribution in [2.75, 3.05) is 0 Å². The van der Waals surface area contributed by atoms with Gasteiger partial charge in [-0.1, -0.05) is 0 Å². The van der Waals surface area contributed by atoms with E-state index in [-0.39, 0.29) is 23.9 Å². The standard InChI is InChI=1S/3H2O4S.Sn.2H/c3*1-5(2,3)4;;;/h3*(H2,1,2,3,4);;;. The van der Waals surface area contributed by atoms with Gasteiger partial charge in [0.05, 0.1) is 0 Å². The van der Waals surface area contributed by atoms with Crippen LogP contribution >= 0.6 is 0 Å². The van der Waals surface area contributed by atoms with Crippen LogP contribution in [-0.4, -0.2) is 76.5 Å². The third kappa shape index (κ3) is 15500. The fourth-order valence-corrected chi connectivity index (χ4v) is 0. The molecule has 6 N–H and O–H groups in total. The minimum atomic E-state index is -4.67. The molecule has 0 aliphatic carbocycles. The Kier molecular flexibility index (Phi) is 14.9. The van der Waals surface area contributed by atoms with Gasteiger partial charge in [0.25, 0.3) is 0 Å². The average Bonchev–Trinajstić information content (AvgIpc) is 1.41. The predicted molar refractivity (Wildman–Crippen MR) is 51.1 cm³/mol. The summed E-state index contributed by atoms with van der Waals surface area (Å²) in [6.45, 7) is 0. The first-order valence-corrected chi connectivity index (χ1v) is 6.29. The molecule has 16 heteroatoms. The molecule has 0 rings (SSSR count). The van der Waals surface area contributed by atoms with Gasteiger partial charge in [0, 0.05) is 0 Å². The van der Waals surface area contributed by atoms with Gasteiger partial charge in [-0.05, 0) is 0 Å². The van der Waals surface area contributed by atoms with Crippen molar-refractivity contribution in [2.24, 2.45) is 0 Å². The summed E-state index contributed by atoms with van der Waals surface area (Å²) in [5.41, 5.74) is 0. The van der Waals surface area contributed by atoms with E-state index in [1.54, 1.807) is 0 Å². The van der Waals surface area contributed by atoms with Gasteiger partial charge in [0.1, 0.15) is 0 Å². The molecule has 16 heavy (non-hydrogen) atoms. The molecule has 0 fully saturated rings. The van der Waals surface area contributed by atoms with Gasteiger partial charge in [-0.3, -0.25) is 27.3 Å². The monoisotopic (exact) mass is 416 g/mol. The van der Waals surface area contributed by atoms with Crippen molar-refractivity contribution in [2.45, 2.75) is 0 Å². The molecule has 0 aromatic carbocycles. The summed E-state index contributed by atoms with van der Waals surface area (Å²) >= 11 is 0. The summed E-state index contributed by atoms with van der Waals surface area (Å²) in [4.78, 5) is 0. The summed E-state index contributed by atoms with van der Waals surface area (Å²) in [5, 5.41) is 0. The maximum absolute atomic E-state index is 8.74. The fourth-order valence-electron chi connectivity index (χ4n) is 0. The molecule has 0 bridgehead atoms. The first-order valence-electron chi connectivity index (χ1n) is 2.10. The molecule has 0 aromatic rings. The number of rotatable bonds is 0. The second-order valence-corrected chi connectivity index (χ2v) is 4.03. The van der Waals surface area contributed by atoms with E-state index in [2.05, 4.69) is 0 Å². The van der Waals surface area contributed by atoms with E-state index < -0.39 is 31.2 Å². The molecule has 102 valence electrons. The van der Waals surface area contributed by atoms with Crippen LogP contribution in [0.3, 0.4) is 0 Å². The van der Waals surface area contributed by atoms with Gasteiger partial charge in [-0.15, -0.1) is 0 Å². The Morgan fingerprint density at radius 2 is 0.438 bits per heavy atom. The van der Waals surface area contributed by atoms with Gasteiger partial charge in [0.2, 0.25) is 0 Å². The van der Waals surface area contributed by atoms with E-state index in [1.807, 2.05) is 0 Å². The Morgan fingerprint density at radius 1 is 0.438 bits per heavy atom. The Morgan fingerprint density at radius 3 is 0.438 bits per heavy atom. The molecule has 2 radical (unpaired) electrons. The molecule has 0 saturated heterocycles. The maximum atomic E-state index is 8.74. The first-order chi connectivity index (χ1) is 6.00. The topological polar surface area (TPSA) is 224 Å². The molecule has 0 spiro atoms. The van der Waals surface area contributed by atoms with E-state index in [9.17, 15) is 0 Å². The van der Waals surface area contributed by atoms with Crippen LogP contribution in [0, 0.1) is 0 Å². The van der Waals surface area contributed by atoms with Gasteiger partial charge < -0.3 is 0 Å². The van der Waals surface area contributed by atoms with Crippen molar-refractivity contribution in [3.05, 3.63) is 0 Å². The summed E-state index contributed by atoms with van der Waals surface area (Å²) in [6, 6.07) is 0. The Labute approximate surface area is 107 Å². The van der Waals surface area contributed by atoms with Gasteiger partial charge >= 0.3 is 55.1 Å². The van der Waals surface area contributed by atoms with Crippen LogP contribution in [0.4, 0.5) is 0 Å². The predicted octanol–water partition coefficient (Wildman–Crippen LogP) is -2.87. The van der Waals surface area contributed by atoms with Crippen LogP contribution in [0.5, 0.6) is 0 Å². The molecule has 0 aromatic heterocycles. The Balaban J connectivity index is -0.0000000655. The van der Waals surface area contributed by atoms with E-state index in [0.717, 1.165) is 0 Å². The van der Waals surface area contributed by atoms with Gasteiger partial charge in [-0.2, -0.15) is 25.3 Å². The molecule has 0 amide bonds. The van der Waals surface area contributed by atoms with Crippen LogP contribution in [0.15, 0.2) is 0 Å². The molecule has 12 nitrogen and oxygen atoms in total. The molecule has 0 heterocycles. The summed E-state index contributed by atoms with van der Waals surface area (Å²) in [5.74, 6) is 0. The third-order valence-electron chi connectivity index (χ3n) is 0. The molecule has 0 saturated carbocycles. The summed E-state index contributed by atoms with van der Waals surface area (Å²) in [7, 11) is -14.0. The van der Waals surface area contributed by atoms with Gasteiger partial charge in [0.15, 0.2) is 0 Å². The van der Waals surface area contributed by atoms with Crippen LogP contribution in [0.1, 0.15) is 0 Å². The zero-order valence-electron chi connectivity index (χ0n) is 7.06. The van der Waals surface area contributed by atoms with Crippen LogP contribution in [0.2, 0.25) is 0 Å². The molecule has 0 aliphatic rings. The molecular weight excluding hydrogens is 407 g/mol. The minimum absolute atomic E-state index is 0. The quantitative estimate of drug-likeness (QED) is 0.173. The van der Waals surface area contributed by atoms with Crippen LogP contribution in [0.25, 0.3) is 0 Å². The van der Waals surface area contributed by atoms with Crippen molar-refractivity contribution >= 4 is 55.1 Å². The Hall–Kier alpha value is 0.409. The SMILES string of the molecule is O=S(=O)(O)O.O=S(=O)(O)O.O=S(=O)(O)O.[SnH2]. The fraction of sp³-hybridized carbons (Fsp3) is 0. The van der Waals surface area contributed by atoms with E-state index in [1.165, 1.54) is 0 Å². The second kappa shape index (κ2) is 9.44. The zero-order chi connectivity index (χ0) is 13.5. The molecule has 0 aliphatic heterocycles. The van der Waals surface area contributed by atoms with Crippen LogP contribution < -0.4 is 0 Å². The van der Waals surface area contributed by atoms with Crippen molar-refractivity contribution in [3.8, 4) is 0 Å². The summed E-state index contributed by atoms with van der Waals surface area (Å²) in [6.07, 6.45) is 0. The van der Waals surface area contributed by atoms with E-state index in [0.29, 0.717) is 0 Å². The third-order valence-corrected chi connectivity index (χ3v) is 0. The number of hydrogen-bond donors (Lipinski definition) is 6. The second-order valence-electron chi connectivity index (χ2n) is 1.34. The summed E-state index contributed by atoms with van der Waals surface area (Å²) < 4.78 is 94.8. The molecular formula is H8O12S3Sn. The van der Waals surface area contributed by atoms with Crippen molar-refractivity contribution in [1.82, 2.24) is 0 Å². The van der Waals surface area contributed by atoms with Gasteiger partial charge in [-0.25, -0.2) is 0 Å². The van der Waals surface area contributed by atoms with Crippen molar-refractivity contribution in [1.29, 1.82) is 0 Å². The normalized spacial score (nSPS) is 10.9. The molecule has 0 unspecified atom stereocenters. The average molecular weight is 415 g/mol. The first kappa shape index (κ1) is 25.3. The van der Waals surface area contributed by atoms with E-state index in [4.69, 9.17) is 52.6 Å². The van der Waals surface area contributed by atoms with Crippen molar-refractivity contribution < 1.29 is 52.6 Å². The van der Waals surface area contributed by atoms with Crippen molar-refractivity contribution in [3.63, 3.8) is 0 Å². The Bertz CT molecular complexity index is 337. The number of hydrogen-bond acceptors (Lipinski definition) is 6. The zero-order valence-corrected chi connectivity index (χ0v) is 13.6.